The van der Waals surface area contributed by atoms with Gasteiger partial charge in [0.1, 0.15) is 0 Å². The molecular formula is C11H20N2O7S. The molecule has 0 spiro atoms. The quantitative estimate of drug-likeness (QED) is 0.509. The van der Waals surface area contributed by atoms with Crippen LogP contribution in [0, 0.1) is 6.92 Å². The van der Waals surface area contributed by atoms with Crippen LogP contribution in [0.5, 0.6) is 0 Å². The highest BCUT2D eigenvalue weighted by molar-refractivity contribution is 7.85. The maximum Gasteiger partial charge on any atom is 0.303 e. The lowest BCUT2D eigenvalue weighted by Gasteiger charge is -1.95. The number of aryl methyl sites for hydroxylation is 1. The van der Waals surface area contributed by atoms with Crippen molar-refractivity contribution >= 4 is 22.1 Å². The Morgan fingerprint density at radius 1 is 0.952 bits per heavy atom. The van der Waals surface area contributed by atoms with Gasteiger partial charge in [-0.25, -0.2) is 0 Å². The fourth-order valence-corrected chi connectivity index (χ4v) is 1.40. The molecule has 9 N–H and O–H groups in total. The molecule has 0 amide bonds. The van der Waals surface area contributed by atoms with Gasteiger partial charge in [0.2, 0.25) is 0 Å². The van der Waals surface area contributed by atoms with Crippen LogP contribution in [0.15, 0.2) is 29.2 Å². The minimum absolute atomic E-state index is 0. The molecule has 0 atom stereocenters. The summed E-state index contributed by atoms with van der Waals surface area (Å²) >= 11 is 0. The van der Waals surface area contributed by atoms with Crippen molar-refractivity contribution in [2.45, 2.75) is 24.7 Å². The second kappa shape index (κ2) is 10.7. The van der Waals surface area contributed by atoms with Crippen molar-refractivity contribution in [2.24, 2.45) is 0 Å². The van der Waals surface area contributed by atoms with E-state index in [0.717, 1.165) is 5.56 Å². The third-order valence-electron chi connectivity index (χ3n) is 1.87. The Hall–Kier alpha value is -2.01. The Balaban J connectivity index is -0.000000295. The number of carboxylic acids is 2. The Labute approximate surface area is 122 Å². The van der Waals surface area contributed by atoms with Crippen LogP contribution < -0.4 is 12.3 Å². The van der Waals surface area contributed by atoms with Gasteiger partial charge in [-0.1, -0.05) is 17.7 Å². The molecule has 0 bridgehead atoms. The summed E-state index contributed by atoms with van der Waals surface area (Å²) < 4.78 is 29.6. The van der Waals surface area contributed by atoms with Crippen molar-refractivity contribution in [3.63, 3.8) is 0 Å². The number of carboxylic acid groups (broad SMARTS) is 2. The molecule has 0 unspecified atom stereocenters. The van der Waals surface area contributed by atoms with Gasteiger partial charge < -0.3 is 22.5 Å². The lowest BCUT2D eigenvalue weighted by molar-refractivity contribution is -0.143. The second-order valence-electron chi connectivity index (χ2n) is 3.58. The SMILES string of the molecule is Cc1ccc(S(=O)(=O)O)cc1.N.N.O=C(O)CCC(=O)O. The first-order valence-electron chi connectivity index (χ1n) is 5.10. The predicted octanol–water partition coefficient (Wildman–Crippen LogP) is 1.50. The molecule has 0 aliphatic rings. The van der Waals surface area contributed by atoms with E-state index in [0.29, 0.717) is 0 Å². The Kier molecular flexibility index (Phi) is 12.3. The van der Waals surface area contributed by atoms with E-state index in [9.17, 15) is 18.0 Å². The number of rotatable bonds is 4. The molecule has 0 aromatic heterocycles. The summed E-state index contributed by atoms with van der Waals surface area (Å²) in [6.07, 6.45) is -0.593. The first kappa shape index (κ1) is 24.0. The van der Waals surface area contributed by atoms with Crippen molar-refractivity contribution in [1.29, 1.82) is 0 Å². The average molecular weight is 324 g/mol. The van der Waals surface area contributed by atoms with Crippen molar-refractivity contribution < 1.29 is 32.8 Å². The molecule has 0 saturated carbocycles. The molecule has 122 valence electrons. The summed E-state index contributed by atoms with van der Waals surface area (Å²) in [7, 11) is -4.02. The molecule has 1 aromatic carbocycles. The van der Waals surface area contributed by atoms with Crippen LogP contribution in [0.4, 0.5) is 0 Å². The lowest BCUT2D eigenvalue weighted by atomic mass is 10.2. The maximum absolute atomic E-state index is 10.5. The Morgan fingerprint density at radius 2 is 1.29 bits per heavy atom. The molecule has 0 heterocycles. The van der Waals surface area contributed by atoms with Crippen molar-refractivity contribution in [3.05, 3.63) is 29.8 Å². The molecule has 21 heavy (non-hydrogen) atoms. The van der Waals surface area contributed by atoms with Gasteiger partial charge in [-0.05, 0) is 19.1 Å². The molecule has 0 saturated heterocycles. The van der Waals surface area contributed by atoms with Gasteiger partial charge in [0.05, 0.1) is 17.7 Å². The van der Waals surface area contributed by atoms with Crippen molar-refractivity contribution in [2.75, 3.05) is 0 Å². The highest BCUT2D eigenvalue weighted by atomic mass is 32.2. The van der Waals surface area contributed by atoms with Crippen LogP contribution in [-0.4, -0.2) is 35.1 Å². The van der Waals surface area contributed by atoms with Gasteiger partial charge in [-0.15, -0.1) is 0 Å². The zero-order valence-electron chi connectivity index (χ0n) is 11.5. The van der Waals surface area contributed by atoms with Crippen LogP contribution in [0.3, 0.4) is 0 Å². The zero-order valence-corrected chi connectivity index (χ0v) is 12.3. The van der Waals surface area contributed by atoms with Gasteiger partial charge in [0.15, 0.2) is 0 Å². The number of hydrogen-bond acceptors (Lipinski definition) is 6. The topological polar surface area (TPSA) is 199 Å². The summed E-state index contributed by atoms with van der Waals surface area (Å²) in [6.45, 7) is 1.84. The third kappa shape index (κ3) is 12.8. The van der Waals surface area contributed by atoms with E-state index in [2.05, 4.69) is 0 Å². The van der Waals surface area contributed by atoms with E-state index >= 15 is 0 Å². The number of aliphatic carboxylic acids is 2. The highest BCUT2D eigenvalue weighted by Gasteiger charge is 2.06. The Bertz CT molecular complexity index is 526. The summed E-state index contributed by atoms with van der Waals surface area (Å²) in [5, 5.41) is 15.8. The van der Waals surface area contributed by atoms with Crippen LogP contribution in [0.25, 0.3) is 0 Å². The summed E-state index contributed by atoms with van der Waals surface area (Å²) in [6, 6.07) is 5.99. The van der Waals surface area contributed by atoms with Crippen LogP contribution in [-0.2, 0) is 19.7 Å². The van der Waals surface area contributed by atoms with Gasteiger partial charge >= 0.3 is 11.9 Å². The van der Waals surface area contributed by atoms with Crippen molar-refractivity contribution in [3.8, 4) is 0 Å². The molecule has 0 aliphatic carbocycles. The zero-order chi connectivity index (χ0) is 15.1. The van der Waals surface area contributed by atoms with Crippen LogP contribution >= 0.6 is 0 Å². The van der Waals surface area contributed by atoms with E-state index in [-0.39, 0.29) is 30.0 Å². The lowest BCUT2D eigenvalue weighted by Crippen LogP contribution is -2.00. The average Bonchev–Trinajstić information content (AvgIpc) is 2.26. The molecule has 1 aromatic rings. The normalized spacial score (nSPS) is 9.24. The Morgan fingerprint density at radius 3 is 1.52 bits per heavy atom. The van der Waals surface area contributed by atoms with Gasteiger partial charge in [0.25, 0.3) is 10.1 Å². The van der Waals surface area contributed by atoms with Crippen LogP contribution in [0.2, 0.25) is 0 Å². The standard InChI is InChI=1S/C7H8O3S.C4H6O4.2H3N/c1-6-2-4-7(5-3-6)11(8,9)10;5-3(6)1-2-4(7)8;;/h2-5H,1H3,(H,8,9,10);1-2H2,(H,5,6)(H,7,8);2*1H3. The molecule has 0 aliphatic heterocycles. The molecular weight excluding hydrogens is 304 g/mol. The summed E-state index contributed by atoms with van der Waals surface area (Å²) in [4.78, 5) is 19.2. The van der Waals surface area contributed by atoms with E-state index < -0.39 is 22.1 Å². The molecule has 0 fully saturated rings. The van der Waals surface area contributed by atoms with Gasteiger partial charge in [-0.2, -0.15) is 8.42 Å². The number of carbonyl (C=O) groups is 2. The third-order valence-corrected chi connectivity index (χ3v) is 2.74. The molecule has 1 rings (SSSR count). The monoisotopic (exact) mass is 324 g/mol. The highest BCUT2D eigenvalue weighted by Crippen LogP contribution is 2.08. The maximum atomic E-state index is 10.5. The number of benzene rings is 1. The van der Waals surface area contributed by atoms with Gasteiger partial charge in [0, 0.05) is 0 Å². The minimum Gasteiger partial charge on any atom is -0.481 e. The molecule has 10 heteroatoms. The summed E-state index contributed by atoms with van der Waals surface area (Å²) in [5.41, 5.74) is 0.956. The molecule has 9 nitrogen and oxygen atoms in total. The minimum atomic E-state index is -4.02. The van der Waals surface area contributed by atoms with E-state index in [1.165, 1.54) is 12.1 Å². The fraction of sp³-hybridized carbons (Fsp3) is 0.273. The smallest absolute Gasteiger partial charge is 0.303 e. The fourth-order valence-electron chi connectivity index (χ4n) is 0.924. The predicted molar refractivity (Wildman–Crippen MR) is 75.5 cm³/mol. The first-order valence-corrected chi connectivity index (χ1v) is 6.54. The largest absolute Gasteiger partial charge is 0.481 e. The van der Waals surface area contributed by atoms with Crippen molar-refractivity contribution in [1.82, 2.24) is 12.3 Å². The van der Waals surface area contributed by atoms with Gasteiger partial charge in [-0.3, -0.25) is 14.1 Å². The second-order valence-corrected chi connectivity index (χ2v) is 5.00. The van der Waals surface area contributed by atoms with Crippen LogP contribution in [0.1, 0.15) is 18.4 Å². The first-order chi connectivity index (χ1) is 8.62. The number of hydrogen-bond donors (Lipinski definition) is 5. The molecule has 0 radical (unpaired) electrons. The van der Waals surface area contributed by atoms with E-state index in [4.69, 9.17) is 14.8 Å². The van der Waals surface area contributed by atoms with E-state index in [1.54, 1.807) is 12.1 Å². The summed E-state index contributed by atoms with van der Waals surface area (Å²) in [5.74, 6) is -2.15. The van der Waals surface area contributed by atoms with E-state index in [1.807, 2.05) is 6.92 Å².